The van der Waals surface area contributed by atoms with E-state index in [4.69, 9.17) is 35.3 Å². The van der Waals surface area contributed by atoms with Crippen LogP contribution in [0.1, 0.15) is 44.7 Å². The van der Waals surface area contributed by atoms with Gasteiger partial charge in [0, 0.05) is 41.8 Å². The molecule has 5 rings (SSSR count). The van der Waals surface area contributed by atoms with Gasteiger partial charge in [0.1, 0.15) is 29.3 Å². The number of halogens is 1. The van der Waals surface area contributed by atoms with Gasteiger partial charge >= 0.3 is 6.09 Å². The van der Waals surface area contributed by atoms with E-state index in [1.54, 1.807) is 18.2 Å². The van der Waals surface area contributed by atoms with Gasteiger partial charge in [-0.05, 0) is 44.4 Å². The Morgan fingerprint density at radius 2 is 2.05 bits per heavy atom. The summed E-state index contributed by atoms with van der Waals surface area (Å²) in [7, 11) is 1.56. The molecule has 3 unspecified atom stereocenters. The van der Waals surface area contributed by atoms with Gasteiger partial charge in [0.15, 0.2) is 6.29 Å². The van der Waals surface area contributed by atoms with E-state index < -0.39 is 41.7 Å². The number of nitrogens with zero attached hydrogens (tertiary/aromatic N) is 5. The number of ether oxygens (including phenoxy) is 5. The molecular weight excluding hydrogens is 582 g/mol. The number of aromatic nitrogens is 1. The molecule has 11 nitrogen and oxygen atoms in total. The lowest BCUT2D eigenvalue weighted by Gasteiger charge is -2.47. The number of benzene rings is 1. The summed E-state index contributed by atoms with van der Waals surface area (Å²) in [5.74, 6) is 0. The smallest absolute Gasteiger partial charge is 0.410 e. The van der Waals surface area contributed by atoms with Crippen LogP contribution >= 0.6 is 23.4 Å². The Labute approximate surface area is 254 Å². The van der Waals surface area contributed by atoms with Crippen LogP contribution in [0.5, 0.6) is 0 Å². The fourth-order valence-electron chi connectivity index (χ4n) is 5.14. The van der Waals surface area contributed by atoms with Gasteiger partial charge in [-0.25, -0.2) is 4.79 Å². The summed E-state index contributed by atoms with van der Waals surface area (Å²) in [4.78, 5) is 22.8. The van der Waals surface area contributed by atoms with E-state index in [9.17, 15) is 10.3 Å². The topological polar surface area (TPSA) is 128 Å². The Hall–Kier alpha value is -2.83. The number of fused-ring (bicyclic) bond motifs is 1. The van der Waals surface area contributed by atoms with E-state index in [2.05, 4.69) is 15.0 Å². The molecule has 3 aliphatic heterocycles. The highest BCUT2D eigenvalue weighted by molar-refractivity contribution is 7.99. The third kappa shape index (κ3) is 7.03. The second-order valence-corrected chi connectivity index (χ2v) is 12.7. The molecule has 4 heterocycles. The number of thioether (sulfide) groups is 1. The summed E-state index contributed by atoms with van der Waals surface area (Å²) in [6.45, 7) is 6.69. The molecule has 0 saturated carbocycles. The van der Waals surface area contributed by atoms with E-state index in [-0.39, 0.29) is 12.7 Å². The van der Waals surface area contributed by atoms with Crippen molar-refractivity contribution in [2.45, 2.75) is 73.8 Å². The Bertz CT molecular complexity index is 1350. The Balaban J connectivity index is 1.36. The van der Waals surface area contributed by atoms with Crippen molar-refractivity contribution in [1.82, 2.24) is 9.88 Å². The molecule has 2 saturated heterocycles. The van der Waals surface area contributed by atoms with Crippen molar-refractivity contribution in [3.05, 3.63) is 75.4 Å². The van der Waals surface area contributed by atoms with Gasteiger partial charge in [0.25, 0.3) is 0 Å². The number of methoxy groups -OCH3 is 1. The van der Waals surface area contributed by atoms with E-state index in [1.165, 1.54) is 11.8 Å². The molecule has 42 heavy (non-hydrogen) atoms. The van der Waals surface area contributed by atoms with Crippen LogP contribution in [0, 0.1) is 0 Å². The fraction of sp³-hybridized carbons (Fsp3) is 0.517. The summed E-state index contributed by atoms with van der Waals surface area (Å²) in [5.41, 5.74) is 10.9. The number of rotatable bonds is 6. The predicted octanol–water partition coefficient (Wildman–Crippen LogP) is 6.38. The molecule has 1 aromatic heterocycles. The van der Waals surface area contributed by atoms with E-state index >= 15 is 0 Å². The molecule has 13 heteroatoms. The molecule has 0 spiro atoms. The van der Waals surface area contributed by atoms with Crippen LogP contribution in [0.4, 0.5) is 4.79 Å². The highest BCUT2D eigenvalue weighted by atomic mass is 35.5. The van der Waals surface area contributed by atoms with Crippen LogP contribution in [-0.4, -0.2) is 78.2 Å². The molecule has 0 aliphatic carbocycles. The first-order valence-corrected chi connectivity index (χ1v) is 15.0. The average molecular weight is 616 g/mol. The van der Waals surface area contributed by atoms with E-state index in [0.717, 1.165) is 21.7 Å². The Morgan fingerprint density at radius 3 is 2.71 bits per heavy atom. The predicted molar refractivity (Wildman–Crippen MR) is 158 cm³/mol. The second kappa shape index (κ2) is 13.2. The van der Waals surface area contributed by atoms with Crippen LogP contribution in [0.3, 0.4) is 0 Å². The lowest BCUT2D eigenvalue weighted by Crippen LogP contribution is -2.60. The monoisotopic (exact) mass is 615 g/mol. The Kier molecular flexibility index (Phi) is 9.64. The van der Waals surface area contributed by atoms with Crippen LogP contribution in [0.25, 0.3) is 16.0 Å². The SMILES string of the molecule is CO[C@H]1C(N=[N+]=[N-])[C@H]2OC(c3ccccc3)OCC2O[C@@H]1Sc1cc(Cl)cnc1C1=CCN(C(=O)OC(C)(C)C)CC1. The van der Waals surface area contributed by atoms with Gasteiger partial charge < -0.3 is 28.6 Å². The zero-order chi connectivity index (χ0) is 29.9. The lowest BCUT2D eigenvalue weighted by molar-refractivity contribution is -0.298. The third-order valence-corrected chi connectivity index (χ3v) is 8.45. The number of carbonyl (C=O) groups excluding carboxylic acids is 1. The minimum atomic E-state index is -0.668. The highest BCUT2D eigenvalue weighted by Gasteiger charge is 2.50. The molecule has 224 valence electrons. The van der Waals surface area contributed by atoms with E-state index in [0.29, 0.717) is 24.5 Å². The molecule has 2 aromatic rings. The summed E-state index contributed by atoms with van der Waals surface area (Å²) in [5, 5.41) is 4.57. The minimum Gasteiger partial charge on any atom is -0.444 e. The van der Waals surface area contributed by atoms with Crippen LogP contribution < -0.4 is 0 Å². The summed E-state index contributed by atoms with van der Waals surface area (Å²) < 4.78 is 30.2. The van der Waals surface area contributed by atoms with Crippen LogP contribution in [0.2, 0.25) is 5.02 Å². The molecular formula is C29H34ClN5O6S. The quantitative estimate of drug-likeness (QED) is 0.208. The molecule has 6 atom stereocenters. The largest absolute Gasteiger partial charge is 0.444 e. The van der Waals surface area contributed by atoms with E-state index in [1.807, 2.05) is 63.2 Å². The lowest BCUT2D eigenvalue weighted by atomic mass is 9.96. The third-order valence-electron chi connectivity index (χ3n) is 7.07. The first-order chi connectivity index (χ1) is 20.2. The number of azide groups is 1. The standard InChI is InChI=1S/C29H34ClN5O6S/c1-29(2,3)41-28(36)35-12-10-17(11-13-35)22-21(14-19(30)15-32-22)42-27-25(37-4)23(33-34-31)24-20(39-27)16-38-26(40-24)18-8-6-5-7-9-18/h5-10,14-15,20,23-27H,11-13,16H2,1-4H3/t20?,23?,24-,25-,26?,27+/m0/s1. The fourth-order valence-corrected chi connectivity index (χ4v) is 6.70. The zero-order valence-corrected chi connectivity index (χ0v) is 25.5. The van der Waals surface area contributed by atoms with Gasteiger partial charge in [-0.3, -0.25) is 4.98 Å². The molecule has 0 radical (unpaired) electrons. The molecule has 0 N–H and O–H groups in total. The van der Waals surface area contributed by atoms with Gasteiger partial charge in [-0.15, -0.1) is 0 Å². The number of hydrogen-bond acceptors (Lipinski definition) is 9. The Morgan fingerprint density at radius 1 is 1.26 bits per heavy atom. The van der Waals surface area contributed by atoms with Crippen molar-refractivity contribution in [2.75, 3.05) is 26.8 Å². The number of hydrogen-bond donors (Lipinski definition) is 0. The van der Waals surface area contributed by atoms with Crippen LogP contribution in [-0.2, 0) is 23.7 Å². The maximum Gasteiger partial charge on any atom is 0.410 e. The normalized spacial score (nSPS) is 27.8. The summed E-state index contributed by atoms with van der Waals surface area (Å²) >= 11 is 7.78. The van der Waals surface area contributed by atoms with Crippen LogP contribution in [0.15, 0.2) is 58.7 Å². The minimum absolute atomic E-state index is 0.251. The summed E-state index contributed by atoms with van der Waals surface area (Å²) in [6, 6.07) is 10.7. The molecule has 1 amide bonds. The number of pyridine rings is 1. The number of amides is 1. The summed E-state index contributed by atoms with van der Waals surface area (Å²) in [6.07, 6.45) is 1.52. The molecule has 3 aliphatic rings. The maximum absolute atomic E-state index is 12.6. The van der Waals surface area contributed by atoms with Gasteiger partial charge in [-0.2, -0.15) is 0 Å². The molecule has 1 aromatic carbocycles. The maximum atomic E-state index is 12.6. The van der Waals surface area contributed by atoms with Gasteiger partial charge in [-0.1, -0.05) is 64.9 Å². The van der Waals surface area contributed by atoms with Crippen molar-refractivity contribution < 1.29 is 28.5 Å². The first kappa shape index (κ1) is 30.6. The first-order valence-electron chi connectivity index (χ1n) is 13.7. The van der Waals surface area contributed by atoms with Crippen molar-refractivity contribution in [1.29, 1.82) is 0 Å². The van der Waals surface area contributed by atoms with Crippen molar-refractivity contribution >= 4 is 35.0 Å². The number of carbonyl (C=O) groups is 1. The van der Waals surface area contributed by atoms with Crippen molar-refractivity contribution in [3.8, 4) is 0 Å². The van der Waals surface area contributed by atoms with Crippen molar-refractivity contribution in [2.24, 2.45) is 5.11 Å². The zero-order valence-electron chi connectivity index (χ0n) is 23.9. The highest BCUT2D eigenvalue weighted by Crippen LogP contribution is 2.43. The molecule has 0 bridgehead atoms. The second-order valence-electron chi connectivity index (χ2n) is 11.1. The average Bonchev–Trinajstić information content (AvgIpc) is 2.97. The van der Waals surface area contributed by atoms with Crippen molar-refractivity contribution in [3.63, 3.8) is 0 Å². The molecule has 2 fully saturated rings. The van der Waals surface area contributed by atoms with Gasteiger partial charge in [0.2, 0.25) is 0 Å². The van der Waals surface area contributed by atoms with Gasteiger partial charge in [0.05, 0.1) is 23.4 Å².